The lowest BCUT2D eigenvalue weighted by Crippen LogP contribution is -2.37. The largest absolute Gasteiger partial charge is 0.497 e. The van der Waals surface area contributed by atoms with Gasteiger partial charge in [0.05, 0.1) is 18.9 Å². The predicted octanol–water partition coefficient (Wildman–Crippen LogP) is 6.58. The Kier molecular flexibility index (Phi) is 8.76. The first-order valence-corrected chi connectivity index (χ1v) is 12.7. The van der Waals surface area contributed by atoms with Gasteiger partial charge in [-0.05, 0) is 91.5 Å². The number of ether oxygens (including phenoxy) is 1. The summed E-state index contributed by atoms with van der Waals surface area (Å²) >= 11 is 6.38. The molecule has 5 heteroatoms. The number of halogens is 1. The number of aliphatic hydroxyl groups excluding tert-OH is 1. The Bertz CT molecular complexity index is 1330. The van der Waals surface area contributed by atoms with Gasteiger partial charge in [0.15, 0.2) is 0 Å². The van der Waals surface area contributed by atoms with E-state index in [2.05, 4.69) is 47.8 Å². The van der Waals surface area contributed by atoms with Crippen LogP contribution in [0.2, 0.25) is 5.02 Å². The van der Waals surface area contributed by atoms with E-state index in [-0.39, 0.29) is 6.04 Å². The molecule has 0 spiro atoms. The standard InChI is InChI=1S/C31H33ClN2O2/c1-21-11-16-26(32)20-28(21)30(24-14-17-27(36-3)18-15-24)34-29(31(35)33-2)10-6-7-22-12-13-23-8-4-5-9-25(23)19-22/h4-5,8-9,11-20,29,31,33,35H,6-7,10H2,1-3H3. The average molecular weight is 501 g/mol. The molecule has 0 saturated heterocycles. The van der Waals surface area contributed by atoms with Crippen molar-refractivity contribution >= 4 is 28.1 Å². The summed E-state index contributed by atoms with van der Waals surface area (Å²) in [4.78, 5) is 5.13. The number of nitrogens with one attached hydrogen (secondary N) is 1. The van der Waals surface area contributed by atoms with Gasteiger partial charge in [-0.2, -0.15) is 0 Å². The summed E-state index contributed by atoms with van der Waals surface area (Å²) in [6, 6.07) is 28.4. The molecule has 186 valence electrons. The average Bonchev–Trinajstić information content (AvgIpc) is 2.91. The van der Waals surface area contributed by atoms with Crippen LogP contribution in [0.1, 0.15) is 35.1 Å². The molecule has 4 aromatic carbocycles. The minimum absolute atomic E-state index is 0.328. The van der Waals surface area contributed by atoms with Crippen LogP contribution in [0.3, 0.4) is 0 Å². The molecular formula is C31H33ClN2O2. The molecular weight excluding hydrogens is 468 g/mol. The van der Waals surface area contributed by atoms with Crippen molar-refractivity contribution in [3.8, 4) is 5.75 Å². The van der Waals surface area contributed by atoms with Gasteiger partial charge in [0.25, 0.3) is 0 Å². The van der Waals surface area contributed by atoms with Gasteiger partial charge in [-0.1, -0.05) is 60.1 Å². The van der Waals surface area contributed by atoms with Crippen molar-refractivity contribution in [3.05, 3.63) is 112 Å². The second kappa shape index (κ2) is 12.2. The maximum absolute atomic E-state index is 10.8. The minimum atomic E-state index is -0.769. The highest BCUT2D eigenvalue weighted by Crippen LogP contribution is 2.24. The number of nitrogens with zero attached hydrogens (tertiary/aromatic N) is 1. The van der Waals surface area contributed by atoms with Gasteiger partial charge in [-0.15, -0.1) is 0 Å². The van der Waals surface area contributed by atoms with Gasteiger partial charge in [0.1, 0.15) is 12.0 Å². The first kappa shape index (κ1) is 25.9. The van der Waals surface area contributed by atoms with Crippen LogP contribution in [0.15, 0.2) is 89.9 Å². The summed E-state index contributed by atoms with van der Waals surface area (Å²) < 4.78 is 5.35. The summed E-state index contributed by atoms with van der Waals surface area (Å²) in [6.07, 6.45) is 1.78. The molecule has 0 aliphatic rings. The van der Waals surface area contributed by atoms with Crippen LogP contribution in [-0.4, -0.2) is 37.2 Å². The molecule has 0 saturated carbocycles. The van der Waals surface area contributed by atoms with E-state index in [0.717, 1.165) is 47.4 Å². The quantitative estimate of drug-likeness (QED) is 0.191. The fourth-order valence-electron chi connectivity index (χ4n) is 4.46. The van der Waals surface area contributed by atoms with Crippen molar-refractivity contribution in [2.75, 3.05) is 14.2 Å². The van der Waals surface area contributed by atoms with E-state index in [4.69, 9.17) is 21.3 Å². The fraction of sp³-hybridized carbons (Fsp3) is 0.258. The third-order valence-electron chi connectivity index (χ3n) is 6.55. The van der Waals surface area contributed by atoms with E-state index < -0.39 is 6.23 Å². The number of aliphatic imine (C=N–C) groups is 1. The number of hydrogen-bond donors (Lipinski definition) is 2. The van der Waals surface area contributed by atoms with Crippen molar-refractivity contribution in [2.24, 2.45) is 4.99 Å². The molecule has 4 nitrogen and oxygen atoms in total. The Morgan fingerprint density at radius 2 is 1.72 bits per heavy atom. The number of hydrogen-bond acceptors (Lipinski definition) is 4. The first-order chi connectivity index (χ1) is 17.5. The third-order valence-corrected chi connectivity index (χ3v) is 6.79. The SMILES string of the molecule is CNC(O)C(CCCc1ccc2ccccc2c1)N=C(c1ccc(OC)cc1)c1cc(Cl)ccc1C. The zero-order valence-corrected chi connectivity index (χ0v) is 21.8. The summed E-state index contributed by atoms with van der Waals surface area (Å²) in [6.45, 7) is 2.05. The van der Waals surface area contributed by atoms with Gasteiger partial charge in [-0.3, -0.25) is 10.3 Å². The second-order valence-electron chi connectivity index (χ2n) is 9.04. The van der Waals surface area contributed by atoms with Crippen LogP contribution in [0.5, 0.6) is 5.75 Å². The fourth-order valence-corrected chi connectivity index (χ4v) is 4.63. The topological polar surface area (TPSA) is 53.8 Å². The van der Waals surface area contributed by atoms with Crippen LogP contribution in [0.25, 0.3) is 10.8 Å². The molecule has 0 amide bonds. The Hall–Kier alpha value is -3.18. The molecule has 0 radical (unpaired) electrons. The summed E-state index contributed by atoms with van der Waals surface area (Å²) in [5.41, 5.74) is 5.07. The Morgan fingerprint density at radius 1 is 0.972 bits per heavy atom. The van der Waals surface area contributed by atoms with E-state index in [1.54, 1.807) is 14.2 Å². The van der Waals surface area contributed by atoms with E-state index in [0.29, 0.717) is 5.02 Å². The zero-order valence-electron chi connectivity index (χ0n) is 21.0. The third kappa shape index (κ3) is 6.33. The lowest BCUT2D eigenvalue weighted by molar-refractivity contribution is 0.114. The maximum atomic E-state index is 10.8. The van der Waals surface area contributed by atoms with Gasteiger partial charge >= 0.3 is 0 Å². The van der Waals surface area contributed by atoms with Crippen LogP contribution in [-0.2, 0) is 6.42 Å². The van der Waals surface area contributed by atoms with Crippen LogP contribution < -0.4 is 10.1 Å². The highest BCUT2D eigenvalue weighted by atomic mass is 35.5. The number of benzene rings is 4. The van der Waals surface area contributed by atoms with Crippen molar-refractivity contribution in [1.29, 1.82) is 0 Å². The van der Waals surface area contributed by atoms with Crippen molar-refractivity contribution in [3.63, 3.8) is 0 Å². The minimum Gasteiger partial charge on any atom is -0.497 e. The summed E-state index contributed by atoms with van der Waals surface area (Å²) in [5, 5.41) is 17.0. The van der Waals surface area contributed by atoms with Gasteiger partial charge < -0.3 is 9.84 Å². The molecule has 2 N–H and O–H groups in total. The number of likely N-dealkylation sites (N-methyl/N-ethyl adjacent to an activating group) is 1. The highest BCUT2D eigenvalue weighted by molar-refractivity contribution is 6.31. The smallest absolute Gasteiger partial charge is 0.127 e. The van der Waals surface area contributed by atoms with Gasteiger partial charge in [0.2, 0.25) is 0 Å². The molecule has 0 aliphatic heterocycles. The Balaban J connectivity index is 1.63. The van der Waals surface area contributed by atoms with Crippen molar-refractivity contribution in [1.82, 2.24) is 5.32 Å². The van der Waals surface area contributed by atoms with E-state index in [1.165, 1.54) is 16.3 Å². The normalized spacial score (nSPS) is 13.5. The summed E-state index contributed by atoms with van der Waals surface area (Å²) in [7, 11) is 3.41. The van der Waals surface area contributed by atoms with Crippen LogP contribution >= 0.6 is 11.6 Å². The predicted molar refractivity (Wildman–Crippen MR) is 151 cm³/mol. The molecule has 0 heterocycles. The Labute approximate surface area is 218 Å². The van der Waals surface area contributed by atoms with Crippen molar-refractivity contribution < 1.29 is 9.84 Å². The number of rotatable bonds is 10. The molecule has 4 aromatic rings. The van der Waals surface area contributed by atoms with Gasteiger partial charge in [-0.25, -0.2) is 0 Å². The number of aryl methyl sites for hydroxylation is 2. The Morgan fingerprint density at radius 3 is 2.44 bits per heavy atom. The maximum Gasteiger partial charge on any atom is 0.127 e. The molecule has 0 aromatic heterocycles. The molecule has 4 rings (SSSR count). The second-order valence-corrected chi connectivity index (χ2v) is 9.48. The van der Waals surface area contributed by atoms with Crippen LogP contribution in [0, 0.1) is 6.92 Å². The molecule has 36 heavy (non-hydrogen) atoms. The zero-order chi connectivity index (χ0) is 25.5. The lowest BCUT2D eigenvalue weighted by Gasteiger charge is -2.22. The van der Waals surface area contributed by atoms with Crippen LogP contribution in [0.4, 0.5) is 0 Å². The summed E-state index contributed by atoms with van der Waals surface area (Å²) in [5.74, 6) is 0.781. The van der Waals surface area contributed by atoms with E-state index in [1.807, 2.05) is 49.4 Å². The highest BCUT2D eigenvalue weighted by Gasteiger charge is 2.20. The van der Waals surface area contributed by atoms with Crippen molar-refractivity contribution in [2.45, 2.75) is 38.5 Å². The molecule has 0 aliphatic carbocycles. The monoisotopic (exact) mass is 500 g/mol. The van der Waals surface area contributed by atoms with E-state index >= 15 is 0 Å². The number of fused-ring (bicyclic) bond motifs is 1. The van der Waals surface area contributed by atoms with Gasteiger partial charge in [0, 0.05) is 16.1 Å². The number of methoxy groups -OCH3 is 1. The molecule has 0 bridgehead atoms. The number of aliphatic hydroxyl groups is 1. The molecule has 2 atom stereocenters. The lowest BCUT2D eigenvalue weighted by atomic mass is 9.96. The van der Waals surface area contributed by atoms with E-state index in [9.17, 15) is 5.11 Å². The molecule has 0 fully saturated rings. The first-order valence-electron chi connectivity index (χ1n) is 12.3. The molecule has 2 unspecified atom stereocenters.